The lowest BCUT2D eigenvalue weighted by Gasteiger charge is -2.13. The van der Waals surface area contributed by atoms with Crippen LogP contribution in [0.3, 0.4) is 0 Å². The Bertz CT molecular complexity index is 539. The first-order valence-corrected chi connectivity index (χ1v) is 9.72. The van der Waals surface area contributed by atoms with Crippen LogP contribution in [0.25, 0.3) is 11.1 Å². The van der Waals surface area contributed by atoms with Crippen molar-refractivity contribution in [3.8, 4) is 11.1 Å². The highest BCUT2D eigenvalue weighted by Gasteiger charge is 2.06. The molecule has 0 amide bonds. The molecule has 2 rings (SSSR count). The second-order valence-electron chi connectivity index (χ2n) is 6.03. The number of aryl methyl sites for hydroxylation is 1. The van der Waals surface area contributed by atoms with E-state index in [-0.39, 0.29) is 0 Å². The molecule has 0 saturated heterocycles. The number of hydrogen-bond acceptors (Lipinski definition) is 1. The van der Waals surface area contributed by atoms with Gasteiger partial charge in [0.05, 0.1) is 0 Å². The molecule has 0 N–H and O–H groups in total. The van der Waals surface area contributed by atoms with Gasteiger partial charge in [0.2, 0.25) is 0 Å². The van der Waals surface area contributed by atoms with E-state index in [9.17, 15) is 0 Å². The molecular weight excluding hydrogens is 284 g/mol. The quantitative estimate of drug-likeness (QED) is 0.481. The van der Waals surface area contributed by atoms with E-state index >= 15 is 0 Å². The van der Waals surface area contributed by atoms with Crippen molar-refractivity contribution in [2.24, 2.45) is 5.92 Å². The molecular formula is C21H28S. The van der Waals surface area contributed by atoms with Gasteiger partial charge in [0.1, 0.15) is 0 Å². The van der Waals surface area contributed by atoms with Gasteiger partial charge >= 0.3 is 0 Å². The molecule has 0 nitrogen and oxygen atoms in total. The Kier molecular flexibility index (Phi) is 7.05. The maximum Gasteiger partial charge on any atom is 0.00695 e. The lowest BCUT2D eigenvalue weighted by molar-refractivity contribution is 0.432. The third-order valence-electron chi connectivity index (χ3n) is 4.49. The summed E-state index contributed by atoms with van der Waals surface area (Å²) in [5.41, 5.74) is 4.10. The standard InChI is InChI=1S/C21H28S/c1-4-6-17(5-2)7-8-18-9-11-19(12-10-18)20-13-15-21(22-3)16-14-20/h9-17H,4-8H2,1-3H3. The van der Waals surface area contributed by atoms with Gasteiger partial charge < -0.3 is 0 Å². The fourth-order valence-corrected chi connectivity index (χ4v) is 3.39. The van der Waals surface area contributed by atoms with Crippen LogP contribution >= 0.6 is 11.8 Å². The summed E-state index contributed by atoms with van der Waals surface area (Å²) in [5, 5.41) is 0. The van der Waals surface area contributed by atoms with Gasteiger partial charge in [-0.05, 0) is 53.8 Å². The average molecular weight is 313 g/mol. The Balaban J connectivity index is 1.97. The summed E-state index contributed by atoms with van der Waals surface area (Å²) in [6.45, 7) is 4.61. The highest BCUT2D eigenvalue weighted by molar-refractivity contribution is 7.98. The van der Waals surface area contributed by atoms with E-state index in [1.807, 2.05) is 0 Å². The van der Waals surface area contributed by atoms with E-state index in [1.54, 1.807) is 11.8 Å². The number of benzene rings is 2. The van der Waals surface area contributed by atoms with Gasteiger partial charge in [0, 0.05) is 4.90 Å². The molecule has 0 bridgehead atoms. The maximum absolute atomic E-state index is 2.32. The Hall–Kier alpha value is -1.21. The fraction of sp³-hybridized carbons (Fsp3) is 0.429. The normalized spacial score (nSPS) is 12.3. The predicted octanol–water partition coefficient (Wildman–Crippen LogP) is 6.83. The molecule has 0 heterocycles. The largest absolute Gasteiger partial charge is 0.130 e. The van der Waals surface area contributed by atoms with Crippen molar-refractivity contribution in [2.45, 2.75) is 50.8 Å². The minimum atomic E-state index is 0.892. The van der Waals surface area contributed by atoms with Crippen LogP contribution in [0.5, 0.6) is 0 Å². The fourth-order valence-electron chi connectivity index (χ4n) is 2.98. The van der Waals surface area contributed by atoms with Crippen LogP contribution in [0, 0.1) is 5.92 Å². The molecule has 2 aromatic carbocycles. The highest BCUT2D eigenvalue weighted by atomic mass is 32.2. The van der Waals surface area contributed by atoms with Crippen LogP contribution in [-0.2, 0) is 6.42 Å². The molecule has 0 aliphatic heterocycles. The van der Waals surface area contributed by atoms with E-state index in [4.69, 9.17) is 0 Å². The van der Waals surface area contributed by atoms with Gasteiger partial charge in [-0.15, -0.1) is 11.8 Å². The first-order valence-electron chi connectivity index (χ1n) is 8.50. The maximum atomic E-state index is 2.32. The third-order valence-corrected chi connectivity index (χ3v) is 5.24. The van der Waals surface area contributed by atoms with Crippen LogP contribution in [0.15, 0.2) is 53.4 Å². The molecule has 0 aliphatic carbocycles. The molecule has 0 spiro atoms. The third kappa shape index (κ3) is 4.91. The SMILES string of the molecule is CCCC(CC)CCc1ccc(-c2ccc(SC)cc2)cc1. The molecule has 22 heavy (non-hydrogen) atoms. The molecule has 0 aromatic heterocycles. The van der Waals surface area contributed by atoms with Gasteiger partial charge in [0.25, 0.3) is 0 Å². The Morgan fingerprint density at radius 2 is 1.41 bits per heavy atom. The summed E-state index contributed by atoms with van der Waals surface area (Å²) in [7, 11) is 0. The monoisotopic (exact) mass is 312 g/mol. The smallest absolute Gasteiger partial charge is 0.00695 e. The van der Waals surface area contributed by atoms with Gasteiger partial charge in [-0.2, -0.15) is 0 Å². The zero-order valence-electron chi connectivity index (χ0n) is 14.1. The Morgan fingerprint density at radius 3 is 1.91 bits per heavy atom. The predicted molar refractivity (Wildman–Crippen MR) is 101 cm³/mol. The molecule has 2 aromatic rings. The van der Waals surface area contributed by atoms with Crippen molar-refractivity contribution < 1.29 is 0 Å². The van der Waals surface area contributed by atoms with Crippen LogP contribution < -0.4 is 0 Å². The molecule has 0 radical (unpaired) electrons. The summed E-state index contributed by atoms with van der Waals surface area (Å²) in [5.74, 6) is 0.892. The Labute approximate surface area is 140 Å². The van der Waals surface area contributed by atoms with Crippen molar-refractivity contribution in [1.82, 2.24) is 0 Å². The summed E-state index contributed by atoms with van der Waals surface area (Å²) in [6, 6.07) is 18.0. The average Bonchev–Trinajstić information content (AvgIpc) is 2.59. The van der Waals surface area contributed by atoms with Crippen molar-refractivity contribution in [2.75, 3.05) is 6.26 Å². The summed E-state index contributed by atoms with van der Waals surface area (Å²) in [4.78, 5) is 1.32. The summed E-state index contributed by atoms with van der Waals surface area (Å²) < 4.78 is 0. The topological polar surface area (TPSA) is 0 Å². The molecule has 0 aliphatic rings. The lowest BCUT2D eigenvalue weighted by Crippen LogP contribution is -2.00. The van der Waals surface area contributed by atoms with E-state index in [2.05, 4.69) is 68.6 Å². The first kappa shape index (κ1) is 17.1. The second-order valence-corrected chi connectivity index (χ2v) is 6.91. The molecule has 0 saturated carbocycles. The summed E-state index contributed by atoms with van der Waals surface area (Å²) in [6.07, 6.45) is 8.65. The number of hydrogen-bond donors (Lipinski definition) is 0. The van der Waals surface area contributed by atoms with E-state index < -0.39 is 0 Å². The minimum Gasteiger partial charge on any atom is -0.130 e. The van der Waals surface area contributed by atoms with Crippen LogP contribution in [-0.4, -0.2) is 6.26 Å². The first-order chi connectivity index (χ1) is 10.8. The van der Waals surface area contributed by atoms with Crippen LogP contribution in [0.2, 0.25) is 0 Å². The molecule has 1 unspecified atom stereocenters. The van der Waals surface area contributed by atoms with Gasteiger partial charge in [0.15, 0.2) is 0 Å². The second kappa shape index (κ2) is 9.05. The summed E-state index contributed by atoms with van der Waals surface area (Å²) >= 11 is 1.79. The van der Waals surface area contributed by atoms with Gasteiger partial charge in [-0.1, -0.05) is 69.5 Å². The Morgan fingerprint density at radius 1 is 0.818 bits per heavy atom. The highest BCUT2D eigenvalue weighted by Crippen LogP contribution is 2.24. The van der Waals surface area contributed by atoms with Gasteiger partial charge in [-0.3, -0.25) is 0 Å². The minimum absolute atomic E-state index is 0.892. The zero-order chi connectivity index (χ0) is 15.8. The van der Waals surface area contributed by atoms with Crippen molar-refractivity contribution >= 4 is 11.8 Å². The van der Waals surface area contributed by atoms with E-state index in [1.165, 1.54) is 53.7 Å². The molecule has 1 heteroatoms. The molecule has 1 atom stereocenters. The number of thioether (sulfide) groups is 1. The van der Waals surface area contributed by atoms with E-state index in [0.29, 0.717) is 0 Å². The van der Waals surface area contributed by atoms with Crippen LogP contribution in [0.4, 0.5) is 0 Å². The van der Waals surface area contributed by atoms with Crippen molar-refractivity contribution in [1.29, 1.82) is 0 Å². The lowest BCUT2D eigenvalue weighted by atomic mass is 9.92. The van der Waals surface area contributed by atoms with Crippen LogP contribution in [0.1, 0.15) is 45.1 Å². The molecule has 0 fully saturated rings. The zero-order valence-corrected chi connectivity index (χ0v) is 15.0. The van der Waals surface area contributed by atoms with Crippen molar-refractivity contribution in [3.05, 3.63) is 54.1 Å². The van der Waals surface area contributed by atoms with Crippen molar-refractivity contribution in [3.63, 3.8) is 0 Å². The van der Waals surface area contributed by atoms with E-state index in [0.717, 1.165) is 5.92 Å². The number of rotatable bonds is 8. The van der Waals surface area contributed by atoms with Gasteiger partial charge in [-0.25, -0.2) is 0 Å². The molecule has 118 valence electrons.